The Morgan fingerprint density at radius 2 is 1.97 bits per heavy atom. The van der Waals surface area contributed by atoms with Gasteiger partial charge in [0.2, 0.25) is 0 Å². The van der Waals surface area contributed by atoms with Crippen molar-refractivity contribution in [2.75, 3.05) is 11.4 Å². The van der Waals surface area contributed by atoms with Crippen LogP contribution >= 0.6 is 11.6 Å². The molecule has 1 aromatic carbocycles. The van der Waals surface area contributed by atoms with Gasteiger partial charge in [-0.25, -0.2) is 18.7 Å². The maximum atomic E-state index is 13.5. The molecule has 4 rings (SSSR count). The molecule has 1 saturated heterocycles. The molecule has 5 nitrogen and oxygen atoms in total. The number of hydrogen-bond acceptors (Lipinski definition) is 4. The number of nitrogens with zero attached hydrogens (tertiary/aromatic N) is 5. The van der Waals surface area contributed by atoms with Crippen molar-refractivity contribution < 1.29 is 8.78 Å². The van der Waals surface area contributed by atoms with Gasteiger partial charge in [-0.2, -0.15) is 5.10 Å². The highest BCUT2D eigenvalue weighted by molar-refractivity contribution is 6.30. The van der Waals surface area contributed by atoms with Crippen LogP contribution in [0.1, 0.15) is 56.2 Å². The summed E-state index contributed by atoms with van der Waals surface area (Å²) in [6.45, 7) is 7.65. The lowest BCUT2D eigenvalue weighted by molar-refractivity contribution is 0.141. The molecule has 0 saturated carbocycles. The van der Waals surface area contributed by atoms with E-state index in [1.807, 2.05) is 23.7 Å². The molecule has 2 aromatic heterocycles. The van der Waals surface area contributed by atoms with E-state index in [-0.39, 0.29) is 6.04 Å². The number of anilines is 1. The van der Waals surface area contributed by atoms with Gasteiger partial charge in [0.1, 0.15) is 11.0 Å². The maximum absolute atomic E-state index is 13.5. The Balaban J connectivity index is 1.82. The van der Waals surface area contributed by atoms with Crippen LogP contribution in [-0.4, -0.2) is 26.3 Å². The molecule has 3 aromatic rings. The molecule has 29 heavy (non-hydrogen) atoms. The molecule has 0 aliphatic carbocycles. The standard InChI is InChI=1S/C21H24ClF2N5/c1-12(2)11-29-18(22)17(13(3)27-29)16-9-6-10-28(16)21-14-7-4-5-8-15(14)25-20(26-21)19(23)24/h4-5,7-8,12,16,19H,6,9-11H2,1-3H3. The summed E-state index contributed by atoms with van der Waals surface area (Å²) in [7, 11) is 0. The summed E-state index contributed by atoms with van der Waals surface area (Å²) < 4.78 is 28.8. The zero-order valence-corrected chi connectivity index (χ0v) is 17.5. The average molecular weight is 420 g/mol. The van der Waals surface area contributed by atoms with Gasteiger partial charge in [0.25, 0.3) is 6.43 Å². The normalized spacial score (nSPS) is 17.2. The number of alkyl halides is 2. The van der Waals surface area contributed by atoms with Crippen molar-refractivity contribution in [1.29, 1.82) is 0 Å². The van der Waals surface area contributed by atoms with E-state index < -0.39 is 12.2 Å². The topological polar surface area (TPSA) is 46.8 Å². The molecule has 1 aliphatic heterocycles. The van der Waals surface area contributed by atoms with Crippen molar-refractivity contribution in [3.63, 3.8) is 0 Å². The molecule has 1 unspecified atom stereocenters. The lowest BCUT2D eigenvalue weighted by atomic mass is 10.1. The van der Waals surface area contributed by atoms with E-state index in [0.717, 1.165) is 42.6 Å². The third-order valence-electron chi connectivity index (χ3n) is 5.30. The molecular weight excluding hydrogens is 396 g/mol. The minimum absolute atomic E-state index is 0.0489. The Kier molecular flexibility index (Phi) is 5.42. The summed E-state index contributed by atoms with van der Waals surface area (Å²) in [5, 5.41) is 6.03. The first kappa shape index (κ1) is 20.0. The first-order valence-corrected chi connectivity index (χ1v) is 10.3. The summed E-state index contributed by atoms with van der Waals surface area (Å²) in [5.41, 5.74) is 2.36. The highest BCUT2D eigenvalue weighted by Gasteiger charge is 2.34. The van der Waals surface area contributed by atoms with Crippen molar-refractivity contribution in [2.24, 2.45) is 5.92 Å². The molecule has 0 radical (unpaired) electrons. The van der Waals surface area contributed by atoms with E-state index in [0.29, 0.717) is 22.4 Å². The fourth-order valence-electron chi connectivity index (χ4n) is 4.13. The van der Waals surface area contributed by atoms with Gasteiger partial charge in [-0.15, -0.1) is 0 Å². The molecule has 0 N–H and O–H groups in total. The van der Waals surface area contributed by atoms with Gasteiger partial charge in [-0.05, 0) is 37.8 Å². The van der Waals surface area contributed by atoms with Crippen LogP contribution in [0.3, 0.4) is 0 Å². The van der Waals surface area contributed by atoms with Gasteiger partial charge in [0.15, 0.2) is 5.82 Å². The molecule has 8 heteroatoms. The van der Waals surface area contributed by atoms with Gasteiger partial charge in [-0.1, -0.05) is 37.6 Å². The van der Waals surface area contributed by atoms with E-state index in [1.165, 1.54) is 0 Å². The number of aromatic nitrogens is 4. The third-order valence-corrected chi connectivity index (χ3v) is 5.70. The Morgan fingerprint density at radius 3 is 2.69 bits per heavy atom. The Hall–Kier alpha value is -2.28. The number of para-hydroxylation sites is 1. The second-order valence-electron chi connectivity index (χ2n) is 7.94. The van der Waals surface area contributed by atoms with Gasteiger partial charge < -0.3 is 4.90 Å². The molecular formula is C21H24ClF2N5. The predicted molar refractivity (Wildman–Crippen MR) is 111 cm³/mol. The van der Waals surface area contributed by atoms with Crippen molar-refractivity contribution in [3.8, 4) is 0 Å². The summed E-state index contributed by atoms with van der Waals surface area (Å²) in [4.78, 5) is 10.4. The number of rotatable bonds is 5. The Bertz CT molecular complexity index is 1030. The summed E-state index contributed by atoms with van der Waals surface area (Å²) in [6.07, 6.45) is -0.924. The Morgan fingerprint density at radius 1 is 1.21 bits per heavy atom. The van der Waals surface area contributed by atoms with Gasteiger partial charge in [-0.3, -0.25) is 4.68 Å². The van der Waals surface area contributed by atoms with Gasteiger partial charge >= 0.3 is 0 Å². The first-order chi connectivity index (χ1) is 13.9. The summed E-state index contributed by atoms with van der Waals surface area (Å²) in [6, 6.07) is 7.25. The summed E-state index contributed by atoms with van der Waals surface area (Å²) >= 11 is 6.73. The van der Waals surface area contributed by atoms with Crippen molar-refractivity contribution in [2.45, 2.75) is 52.6 Å². The molecule has 1 atom stereocenters. The van der Waals surface area contributed by atoms with Crippen LogP contribution in [0.4, 0.5) is 14.6 Å². The van der Waals surface area contributed by atoms with E-state index in [4.69, 9.17) is 11.6 Å². The van der Waals surface area contributed by atoms with Crippen molar-refractivity contribution >= 4 is 28.3 Å². The third kappa shape index (κ3) is 3.68. The quantitative estimate of drug-likeness (QED) is 0.530. The van der Waals surface area contributed by atoms with Crippen LogP contribution in [0, 0.1) is 12.8 Å². The number of hydrogen-bond donors (Lipinski definition) is 0. The maximum Gasteiger partial charge on any atom is 0.297 e. The van der Waals surface area contributed by atoms with E-state index in [9.17, 15) is 8.78 Å². The van der Waals surface area contributed by atoms with E-state index >= 15 is 0 Å². The molecule has 0 spiro atoms. The second kappa shape index (κ2) is 7.86. The molecule has 154 valence electrons. The predicted octanol–water partition coefficient (Wildman–Crippen LogP) is 5.72. The second-order valence-corrected chi connectivity index (χ2v) is 8.30. The lowest BCUT2D eigenvalue weighted by Gasteiger charge is -2.27. The Labute approximate surface area is 173 Å². The van der Waals surface area contributed by atoms with Crippen molar-refractivity contribution in [3.05, 3.63) is 46.5 Å². The SMILES string of the molecule is Cc1nn(CC(C)C)c(Cl)c1C1CCCN1c1nc(C(F)F)nc2ccccc12. The van der Waals surface area contributed by atoms with Crippen molar-refractivity contribution in [1.82, 2.24) is 19.7 Å². The molecule has 3 heterocycles. The first-order valence-electron chi connectivity index (χ1n) is 9.91. The monoisotopic (exact) mass is 419 g/mol. The number of fused-ring (bicyclic) bond motifs is 1. The van der Waals surface area contributed by atoms with Gasteiger partial charge in [0, 0.05) is 24.0 Å². The van der Waals surface area contributed by atoms with Crippen LogP contribution in [0.25, 0.3) is 10.9 Å². The lowest BCUT2D eigenvalue weighted by Crippen LogP contribution is -2.25. The smallest absolute Gasteiger partial charge is 0.297 e. The minimum Gasteiger partial charge on any atom is -0.349 e. The van der Waals surface area contributed by atoms with Crippen LogP contribution in [0.2, 0.25) is 5.15 Å². The highest BCUT2D eigenvalue weighted by Crippen LogP contribution is 2.42. The average Bonchev–Trinajstić information content (AvgIpc) is 3.24. The molecule has 0 amide bonds. The zero-order valence-electron chi connectivity index (χ0n) is 16.7. The van der Waals surface area contributed by atoms with Crippen LogP contribution in [0.5, 0.6) is 0 Å². The van der Waals surface area contributed by atoms with Crippen LogP contribution in [0.15, 0.2) is 24.3 Å². The molecule has 0 bridgehead atoms. The van der Waals surface area contributed by atoms with Crippen LogP contribution < -0.4 is 4.90 Å². The highest BCUT2D eigenvalue weighted by atomic mass is 35.5. The zero-order chi connectivity index (χ0) is 20.7. The number of halogens is 3. The fourth-order valence-corrected chi connectivity index (χ4v) is 4.50. The number of aryl methyl sites for hydroxylation is 1. The number of benzene rings is 1. The minimum atomic E-state index is -2.72. The molecule has 1 fully saturated rings. The summed E-state index contributed by atoms with van der Waals surface area (Å²) in [5.74, 6) is 0.516. The largest absolute Gasteiger partial charge is 0.349 e. The van der Waals surface area contributed by atoms with E-state index in [1.54, 1.807) is 12.1 Å². The van der Waals surface area contributed by atoms with Crippen LogP contribution in [-0.2, 0) is 6.54 Å². The fraction of sp³-hybridized carbons (Fsp3) is 0.476. The molecule has 1 aliphatic rings. The van der Waals surface area contributed by atoms with E-state index in [2.05, 4.69) is 33.8 Å². The van der Waals surface area contributed by atoms with Gasteiger partial charge in [0.05, 0.1) is 17.3 Å².